The summed E-state index contributed by atoms with van der Waals surface area (Å²) < 4.78 is 0. The van der Waals surface area contributed by atoms with Crippen LogP contribution in [0.15, 0.2) is 49.1 Å². The third-order valence-corrected chi connectivity index (χ3v) is 5.68. The third kappa shape index (κ3) is 3.16. The zero-order valence-corrected chi connectivity index (χ0v) is 15.5. The standard InChI is InChI=1S/C21H24N6/c1-2-10-27(9-1)21-19-15-18(3-4-20(19)23-16-24-21)26-13-11-25(12-14-26)17-5-7-22-8-6-17/h3-8,15-16H,1-2,9-14H2. The smallest absolute Gasteiger partial charge is 0.139 e. The van der Waals surface area contributed by atoms with Gasteiger partial charge in [-0.3, -0.25) is 4.98 Å². The fraction of sp³-hybridized carbons (Fsp3) is 0.381. The molecule has 0 N–H and O–H groups in total. The molecule has 3 aromatic rings. The van der Waals surface area contributed by atoms with Crippen LogP contribution in [0.1, 0.15) is 12.8 Å². The zero-order valence-electron chi connectivity index (χ0n) is 15.5. The van der Waals surface area contributed by atoms with Crippen molar-refractivity contribution in [2.24, 2.45) is 0 Å². The van der Waals surface area contributed by atoms with Crippen LogP contribution >= 0.6 is 0 Å². The summed E-state index contributed by atoms with van der Waals surface area (Å²) in [5, 5.41) is 1.17. The van der Waals surface area contributed by atoms with Gasteiger partial charge in [-0.2, -0.15) is 0 Å². The Hall–Kier alpha value is -2.89. The predicted molar refractivity (Wildman–Crippen MR) is 110 cm³/mol. The summed E-state index contributed by atoms with van der Waals surface area (Å²) in [5.41, 5.74) is 3.56. The van der Waals surface area contributed by atoms with E-state index in [-0.39, 0.29) is 0 Å². The molecule has 0 atom stereocenters. The van der Waals surface area contributed by atoms with Gasteiger partial charge >= 0.3 is 0 Å². The lowest BCUT2D eigenvalue weighted by molar-refractivity contribution is 0.653. The molecule has 0 unspecified atom stereocenters. The molecule has 138 valence electrons. The summed E-state index contributed by atoms with van der Waals surface area (Å²) >= 11 is 0. The summed E-state index contributed by atoms with van der Waals surface area (Å²) in [4.78, 5) is 20.5. The Morgan fingerprint density at radius 2 is 1.37 bits per heavy atom. The van der Waals surface area contributed by atoms with Crippen LogP contribution in [0.5, 0.6) is 0 Å². The van der Waals surface area contributed by atoms with E-state index in [4.69, 9.17) is 0 Å². The maximum absolute atomic E-state index is 4.61. The van der Waals surface area contributed by atoms with Crippen molar-refractivity contribution in [2.45, 2.75) is 12.8 Å². The van der Waals surface area contributed by atoms with Gasteiger partial charge in [0.05, 0.1) is 5.52 Å². The van der Waals surface area contributed by atoms with Gasteiger partial charge in [0, 0.05) is 68.4 Å². The number of pyridine rings is 1. The molecule has 2 aliphatic rings. The van der Waals surface area contributed by atoms with E-state index in [1.54, 1.807) is 6.33 Å². The highest BCUT2D eigenvalue weighted by Crippen LogP contribution is 2.30. The maximum Gasteiger partial charge on any atom is 0.139 e. The van der Waals surface area contributed by atoms with Crippen LogP contribution in [-0.2, 0) is 0 Å². The second-order valence-electron chi connectivity index (χ2n) is 7.27. The first-order valence-electron chi connectivity index (χ1n) is 9.78. The molecule has 27 heavy (non-hydrogen) atoms. The number of hydrogen-bond donors (Lipinski definition) is 0. The average Bonchev–Trinajstić information content (AvgIpc) is 3.28. The van der Waals surface area contributed by atoms with Gasteiger partial charge in [-0.05, 0) is 43.2 Å². The van der Waals surface area contributed by atoms with Gasteiger partial charge in [-0.1, -0.05) is 0 Å². The highest BCUT2D eigenvalue weighted by molar-refractivity contribution is 5.92. The van der Waals surface area contributed by atoms with Gasteiger partial charge in [-0.15, -0.1) is 0 Å². The van der Waals surface area contributed by atoms with Gasteiger partial charge < -0.3 is 14.7 Å². The lowest BCUT2D eigenvalue weighted by Crippen LogP contribution is -2.46. The zero-order chi connectivity index (χ0) is 18.1. The highest BCUT2D eigenvalue weighted by Gasteiger charge is 2.20. The predicted octanol–water partition coefficient (Wildman–Crippen LogP) is 2.95. The number of anilines is 3. The Balaban J connectivity index is 1.38. The number of piperazine rings is 1. The van der Waals surface area contributed by atoms with Crippen LogP contribution < -0.4 is 14.7 Å². The molecule has 2 aliphatic heterocycles. The number of hydrogen-bond acceptors (Lipinski definition) is 6. The lowest BCUT2D eigenvalue weighted by atomic mass is 10.1. The Morgan fingerprint density at radius 3 is 2.11 bits per heavy atom. The third-order valence-electron chi connectivity index (χ3n) is 5.68. The van der Waals surface area contributed by atoms with Crippen molar-refractivity contribution >= 4 is 28.1 Å². The van der Waals surface area contributed by atoms with E-state index < -0.39 is 0 Å². The minimum absolute atomic E-state index is 1.01. The SMILES string of the molecule is c1cc(N2CCN(c3ccc4ncnc(N5CCCC5)c4c3)CC2)ccn1. The van der Waals surface area contributed by atoms with E-state index in [2.05, 4.69) is 60.0 Å². The van der Waals surface area contributed by atoms with Crippen LogP contribution in [0.4, 0.5) is 17.2 Å². The van der Waals surface area contributed by atoms with Crippen molar-refractivity contribution in [3.63, 3.8) is 0 Å². The summed E-state index contributed by atoms with van der Waals surface area (Å²) in [6, 6.07) is 10.8. The minimum atomic E-state index is 1.01. The molecule has 5 rings (SSSR count). The summed E-state index contributed by atoms with van der Waals surface area (Å²) in [6.07, 6.45) is 7.93. The Bertz CT molecular complexity index is 914. The first kappa shape index (κ1) is 16.3. The van der Waals surface area contributed by atoms with Gasteiger partial charge in [-0.25, -0.2) is 9.97 Å². The molecule has 6 nitrogen and oxygen atoms in total. The van der Waals surface area contributed by atoms with Crippen LogP contribution in [0.3, 0.4) is 0 Å². The summed E-state index contributed by atoms with van der Waals surface area (Å²) in [6.45, 7) is 6.27. The van der Waals surface area contributed by atoms with Gasteiger partial charge in [0.25, 0.3) is 0 Å². The van der Waals surface area contributed by atoms with Gasteiger partial charge in [0.2, 0.25) is 0 Å². The molecule has 4 heterocycles. The van der Waals surface area contributed by atoms with Crippen LogP contribution in [0.25, 0.3) is 10.9 Å². The molecule has 0 aliphatic carbocycles. The van der Waals surface area contributed by atoms with Crippen molar-refractivity contribution < 1.29 is 0 Å². The van der Waals surface area contributed by atoms with Crippen molar-refractivity contribution in [3.05, 3.63) is 49.1 Å². The summed E-state index contributed by atoms with van der Waals surface area (Å²) in [5.74, 6) is 1.09. The van der Waals surface area contributed by atoms with Crippen LogP contribution in [0, 0.1) is 0 Å². The van der Waals surface area contributed by atoms with E-state index in [1.807, 2.05) is 12.4 Å². The number of fused-ring (bicyclic) bond motifs is 1. The Labute approximate surface area is 159 Å². The average molecular weight is 360 g/mol. The summed E-state index contributed by atoms with van der Waals surface area (Å²) in [7, 11) is 0. The molecule has 6 heteroatoms. The lowest BCUT2D eigenvalue weighted by Gasteiger charge is -2.37. The second kappa shape index (κ2) is 7.02. The van der Waals surface area contributed by atoms with E-state index >= 15 is 0 Å². The van der Waals surface area contributed by atoms with E-state index in [0.717, 1.165) is 50.6 Å². The Morgan fingerprint density at radius 1 is 0.667 bits per heavy atom. The molecule has 0 bridgehead atoms. The monoisotopic (exact) mass is 360 g/mol. The van der Waals surface area contributed by atoms with Crippen molar-refractivity contribution in [2.75, 3.05) is 54.0 Å². The van der Waals surface area contributed by atoms with Crippen molar-refractivity contribution in [1.82, 2.24) is 15.0 Å². The largest absolute Gasteiger partial charge is 0.368 e. The molecule has 0 amide bonds. The normalized spacial score (nSPS) is 17.7. The quantitative estimate of drug-likeness (QED) is 0.716. The molecule has 0 spiro atoms. The van der Waals surface area contributed by atoms with Crippen molar-refractivity contribution in [1.29, 1.82) is 0 Å². The molecule has 2 fully saturated rings. The van der Waals surface area contributed by atoms with E-state index in [1.165, 1.54) is 29.6 Å². The van der Waals surface area contributed by atoms with E-state index in [9.17, 15) is 0 Å². The number of rotatable bonds is 3. The Kier molecular flexibility index (Phi) is 4.24. The maximum atomic E-state index is 4.61. The molecule has 2 saturated heterocycles. The van der Waals surface area contributed by atoms with Crippen LogP contribution in [-0.4, -0.2) is 54.2 Å². The second-order valence-corrected chi connectivity index (χ2v) is 7.27. The molecule has 1 aromatic carbocycles. The molecule has 2 aromatic heterocycles. The first-order valence-corrected chi connectivity index (χ1v) is 9.78. The van der Waals surface area contributed by atoms with Gasteiger partial charge in [0.1, 0.15) is 12.1 Å². The van der Waals surface area contributed by atoms with E-state index in [0.29, 0.717) is 0 Å². The fourth-order valence-electron chi connectivity index (χ4n) is 4.19. The number of aromatic nitrogens is 3. The topological polar surface area (TPSA) is 48.4 Å². The molecular formula is C21H24N6. The van der Waals surface area contributed by atoms with Crippen LogP contribution in [0.2, 0.25) is 0 Å². The molecule has 0 saturated carbocycles. The molecular weight excluding hydrogens is 336 g/mol. The molecule has 0 radical (unpaired) electrons. The number of benzene rings is 1. The highest BCUT2D eigenvalue weighted by atomic mass is 15.3. The van der Waals surface area contributed by atoms with Gasteiger partial charge in [0.15, 0.2) is 0 Å². The first-order chi connectivity index (χ1) is 13.4. The minimum Gasteiger partial charge on any atom is -0.368 e. The van der Waals surface area contributed by atoms with Crippen molar-refractivity contribution in [3.8, 4) is 0 Å². The number of nitrogens with zero attached hydrogens (tertiary/aromatic N) is 6. The fourth-order valence-corrected chi connectivity index (χ4v) is 4.19.